The molecule has 0 aliphatic heterocycles. The third-order valence-electron chi connectivity index (χ3n) is 3.16. The van der Waals surface area contributed by atoms with Crippen molar-refractivity contribution < 1.29 is 9.84 Å². The zero-order valence-electron chi connectivity index (χ0n) is 11.7. The summed E-state index contributed by atoms with van der Waals surface area (Å²) in [5, 5.41) is 9.54. The van der Waals surface area contributed by atoms with E-state index in [1.807, 2.05) is 31.2 Å². The molecule has 1 atom stereocenters. The number of benzene rings is 2. The zero-order valence-corrected chi connectivity index (χ0v) is 11.7. The lowest BCUT2D eigenvalue weighted by molar-refractivity contribution is 0.199. The molecule has 0 saturated heterocycles. The molecule has 2 rings (SSSR count). The van der Waals surface area contributed by atoms with Gasteiger partial charge in [-0.15, -0.1) is 0 Å². The minimum Gasteiger partial charge on any atom is -0.489 e. The van der Waals surface area contributed by atoms with Gasteiger partial charge >= 0.3 is 0 Å². The van der Waals surface area contributed by atoms with Crippen LogP contribution in [-0.4, -0.2) is 5.11 Å². The van der Waals surface area contributed by atoms with E-state index < -0.39 is 6.10 Å². The fourth-order valence-electron chi connectivity index (χ4n) is 2.06. The number of aliphatic hydroxyl groups is 1. The molecule has 0 unspecified atom stereocenters. The molecule has 0 fully saturated rings. The lowest BCUT2D eigenvalue weighted by Gasteiger charge is -2.12. The number of aryl methyl sites for hydroxylation is 2. The van der Waals surface area contributed by atoms with Crippen molar-refractivity contribution in [1.82, 2.24) is 0 Å². The average molecular weight is 256 g/mol. The van der Waals surface area contributed by atoms with Crippen LogP contribution >= 0.6 is 0 Å². The number of hydrogen-bond acceptors (Lipinski definition) is 2. The summed E-state index contributed by atoms with van der Waals surface area (Å²) in [6.45, 7) is 6.40. The minimum atomic E-state index is -0.440. The third kappa shape index (κ3) is 3.58. The lowest BCUT2D eigenvalue weighted by atomic mass is 10.1. The molecular weight excluding hydrogens is 236 g/mol. The van der Waals surface area contributed by atoms with E-state index in [1.165, 1.54) is 11.1 Å². The number of aliphatic hydroxyl groups excluding tert-OH is 1. The molecule has 0 aliphatic carbocycles. The SMILES string of the molecule is Cc1cccc(COc2ccc([C@H](C)O)cc2C)c1. The molecule has 0 radical (unpaired) electrons. The van der Waals surface area contributed by atoms with Gasteiger partial charge in [0.15, 0.2) is 0 Å². The molecule has 0 amide bonds. The predicted octanol–water partition coefficient (Wildman–Crippen LogP) is 3.94. The molecule has 2 aromatic carbocycles. The van der Waals surface area contributed by atoms with Crippen molar-refractivity contribution in [2.45, 2.75) is 33.5 Å². The average Bonchev–Trinajstić information content (AvgIpc) is 2.37. The van der Waals surface area contributed by atoms with Crippen molar-refractivity contribution in [3.63, 3.8) is 0 Å². The normalized spacial score (nSPS) is 12.2. The van der Waals surface area contributed by atoms with E-state index in [1.54, 1.807) is 6.92 Å². The van der Waals surface area contributed by atoms with Crippen LogP contribution in [0.15, 0.2) is 42.5 Å². The van der Waals surface area contributed by atoms with Crippen LogP contribution in [0.1, 0.15) is 35.3 Å². The fourth-order valence-corrected chi connectivity index (χ4v) is 2.06. The van der Waals surface area contributed by atoms with Crippen molar-refractivity contribution in [3.8, 4) is 5.75 Å². The summed E-state index contributed by atoms with van der Waals surface area (Å²) in [6.07, 6.45) is -0.440. The van der Waals surface area contributed by atoms with Crippen LogP contribution in [0.25, 0.3) is 0 Å². The van der Waals surface area contributed by atoms with Crippen LogP contribution in [0.3, 0.4) is 0 Å². The second kappa shape index (κ2) is 5.89. The molecule has 0 aromatic heterocycles. The van der Waals surface area contributed by atoms with Gasteiger partial charge in [-0.2, -0.15) is 0 Å². The molecule has 0 heterocycles. The van der Waals surface area contributed by atoms with Gasteiger partial charge in [0.2, 0.25) is 0 Å². The Morgan fingerprint density at radius 2 is 1.89 bits per heavy atom. The van der Waals surface area contributed by atoms with Crippen molar-refractivity contribution in [1.29, 1.82) is 0 Å². The molecule has 2 heteroatoms. The number of ether oxygens (including phenoxy) is 1. The maximum absolute atomic E-state index is 9.54. The summed E-state index contributed by atoms with van der Waals surface area (Å²) < 4.78 is 5.83. The van der Waals surface area contributed by atoms with Gasteiger partial charge in [0.25, 0.3) is 0 Å². The van der Waals surface area contributed by atoms with Crippen LogP contribution in [-0.2, 0) is 6.61 Å². The molecule has 2 aromatic rings. The summed E-state index contributed by atoms with van der Waals surface area (Å²) in [5.74, 6) is 0.867. The van der Waals surface area contributed by atoms with E-state index in [0.717, 1.165) is 16.9 Å². The Balaban J connectivity index is 2.07. The Morgan fingerprint density at radius 3 is 2.53 bits per heavy atom. The topological polar surface area (TPSA) is 29.5 Å². The predicted molar refractivity (Wildman–Crippen MR) is 77.3 cm³/mol. The van der Waals surface area contributed by atoms with Crippen molar-refractivity contribution in [3.05, 3.63) is 64.7 Å². The van der Waals surface area contributed by atoms with Gasteiger partial charge in [-0.25, -0.2) is 0 Å². The summed E-state index contributed by atoms with van der Waals surface area (Å²) >= 11 is 0. The minimum absolute atomic E-state index is 0.440. The van der Waals surface area contributed by atoms with Crippen LogP contribution < -0.4 is 4.74 Å². The molecule has 1 N–H and O–H groups in total. The van der Waals surface area contributed by atoms with E-state index in [9.17, 15) is 5.11 Å². The second-order valence-corrected chi connectivity index (χ2v) is 4.98. The highest BCUT2D eigenvalue weighted by atomic mass is 16.5. The maximum atomic E-state index is 9.54. The maximum Gasteiger partial charge on any atom is 0.122 e. The van der Waals surface area contributed by atoms with E-state index >= 15 is 0 Å². The first-order chi connectivity index (χ1) is 9.06. The van der Waals surface area contributed by atoms with Gasteiger partial charge in [-0.1, -0.05) is 35.9 Å². The van der Waals surface area contributed by atoms with Crippen LogP contribution in [0, 0.1) is 13.8 Å². The highest BCUT2D eigenvalue weighted by Gasteiger charge is 2.05. The van der Waals surface area contributed by atoms with Crippen molar-refractivity contribution in [2.24, 2.45) is 0 Å². The smallest absolute Gasteiger partial charge is 0.122 e. The standard InChI is InChI=1S/C17H20O2/c1-12-5-4-6-15(9-12)11-19-17-8-7-16(14(3)18)10-13(17)2/h4-10,14,18H,11H2,1-3H3/t14-/m0/s1. The quantitative estimate of drug-likeness (QED) is 0.898. The Kier molecular flexibility index (Phi) is 4.23. The molecule has 0 saturated carbocycles. The molecule has 100 valence electrons. The zero-order chi connectivity index (χ0) is 13.8. The molecule has 0 bridgehead atoms. The van der Waals surface area contributed by atoms with Gasteiger partial charge in [0.05, 0.1) is 6.10 Å². The second-order valence-electron chi connectivity index (χ2n) is 4.98. The Bertz CT molecular complexity index is 559. The molecule has 0 aliphatic rings. The van der Waals surface area contributed by atoms with Gasteiger partial charge in [-0.05, 0) is 49.6 Å². The summed E-state index contributed by atoms with van der Waals surface area (Å²) in [7, 11) is 0. The van der Waals surface area contributed by atoms with Crippen molar-refractivity contribution in [2.75, 3.05) is 0 Å². The first kappa shape index (κ1) is 13.6. The summed E-state index contributed by atoms with van der Waals surface area (Å²) in [5.41, 5.74) is 4.37. The fraction of sp³-hybridized carbons (Fsp3) is 0.294. The van der Waals surface area contributed by atoms with Gasteiger partial charge in [-0.3, -0.25) is 0 Å². The van der Waals surface area contributed by atoms with Gasteiger partial charge in [0.1, 0.15) is 12.4 Å². The number of rotatable bonds is 4. The van der Waals surface area contributed by atoms with Gasteiger partial charge in [0, 0.05) is 0 Å². The highest BCUT2D eigenvalue weighted by molar-refractivity contribution is 5.37. The van der Waals surface area contributed by atoms with E-state index in [0.29, 0.717) is 6.61 Å². The summed E-state index contributed by atoms with van der Waals surface area (Å²) in [6, 6.07) is 14.1. The highest BCUT2D eigenvalue weighted by Crippen LogP contribution is 2.23. The summed E-state index contributed by atoms with van der Waals surface area (Å²) in [4.78, 5) is 0. The molecule has 0 spiro atoms. The Hall–Kier alpha value is -1.80. The number of hydrogen-bond donors (Lipinski definition) is 1. The van der Waals surface area contributed by atoms with E-state index in [4.69, 9.17) is 4.74 Å². The largest absolute Gasteiger partial charge is 0.489 e. The van der Waals surface area contributed by atoms with Crippen LogP contribution in [0.4, 0.5) is 0 Å². The molecule has 2 nitrogen and oxygen atoms in total. The monoisotopic (exact) mass is 256 g/mol. The first-order valence-electron chi connectivity index (χ1n) is 6.53. The van der Waals surface area contributed by atoms with E-state index in [-0.39, 0.29) is 0 Å². The molecule has 19 heavy (non-hydrogen) atoms. The van der Waals surface area contributed by atoms with Crippen LogP contribution in [0.5, 0.6) is 5.75 Å². The lowest BCUT2D eigenvalue weighted by Crippen LogP contribution is -1.99. The van der Waals surface area contributed by atoms with E-state index in [2.05, 4.69) is 25.1 Å². The Labute approximate surface area is 114 Å². The third-order valence-corrected chi connectivity index (χ3v) is 3.16. The molecular formula is C17H20O2. The van der Waals surface area contributed by atoms with Crippen molar-refractivity contribution >= 4 is 0 Å². The Morgan fingerprint density at radius 1 is 1.11 bits per heavy atom. The van der Waals surface area contributed by atoms with Crippen LogP contribution in [0.2, 0.25) is 0 Å². The first-order valence-corrected chi connectivity index (χ1v) is 6.53. The van der Waals surface area contributed by atoms with Gasteiger partial charge < -0.3 is 9.84 Å².